The van der Waals surface area contributed by atoms with Crippen molar-refractivity contribution >= 4 is 35.4 Å². The Balaban J connectivity index is 4.29. The number of rotatable bonds is 13. The lowest BCUT2D eigenvalue weighted by molar-refractivity contribution is -0.469. The van der Waals surface area contributed by atoms with Crippen molar-refractivity contribution in [1.82, 2.24) is 5.32 Å². The predicted octanol–water partition coefficient (Wildman–Crippen LogP) is 7.28. The van der Waals surface area contributed by atoms with Crippen LogP contribution in [-0.4, -0.2) is 78.4 Å². The number of alkyl halides is 19. The molecule has 0 unspecified atom stereocenters. The van der Waals surface area contributed by atoms with Crippen molar-refractivity contribution in [2.24, 2.45) is 9.98 Å². The summed E-state index contributed by atoms with van der Waals surface area (Å²) < 4.78 is 268. The molecule has 0 bridgehead atoms. The van der Waals surface area contributed by atoms with Crippen molar-refractivity contribution in [3.8, 4) is 0 Å². The number of aliphatic imine (C=N–C) groups is 2. The number of nitrogens with zero attached hydrogens (tertiary/aromatic N) is 2. The Kier molecular flexibility index (Phi) is 11.1. The van der Waals surface area contributed by atoms with Crippen LogP contribution in [0.4, 0.5) is 94.8 Å². The first-order valence-electron chi connectivity index (χ1n) is 11.5. The van der Waals surface area contributed by atoms with Gasteiger partial charge in [0, 0.05) is 6.92 Å². The van der Waals surface area contributed by atoms with E-state index in [4.69, 9.17) is 0 Å². The molecule has 1 aromatic carbocycles. The van der Waals surface area contributed by atoms with Gasteiger partial charge in [-0.3, -0.25) is 9.59 Å². The number of nitrogens with one attached hydrogen (secondary N) is 1. The molecule has 0 saturated carbocycles. The van der Waals surface area contributed by atoms with Crippen molar-refractivity contribution in [3.05, 3.63) is 22.8 Å². The molecular formula is C22H10F19N3O5. The fourth-order valence-corrected chi connectivity index (χ4v) is 3.46. The van der Waals surface area contributed by atoms with Crippen molar-refractivity contribution in [3.63, 3.8) is 0 Å². The van der Waals surface area contributed by atoms with Gasteiger partial charge in [0.2, 0.25) is 12.2 Å². The van der Waals surface area contributed by atoms with Gasteiger partial charge in [0.25, 0.3) is 5.91 Å². The highest BCUT2D eigenvalue weighted by Crippen LogP contribution is 2.66. The summed E-state index contributed by atoms with van der Waals surface area (Å²) in [5.74, 6) is -73.7. The summed E-state index contributed by atoms with van der Waals surface area (Å²) >= 11 is 0. The van der Waals surface area contributed by atoms with E-state index in [1.54, 1.807) is 0 Å². The highest BCUT2D eigenvalue weighted by molar-refractivity contribution is 6.03. The van der Waals surface area contributed by atoms with Gasteiger partial charge in [-0.25, -0.2) is 9.59 Å². The lowest BCUT2D eigenvalue weighted by atomic mass is 9.83. The Morgan fingerprint density at radius 2 is 1.06 bits per heavy atom. The summed E-state index contributed by atoms with van der Waals surface area (Å²) in [5.41, 5.74) is -10.9. The number of hydrogen-bond donors (Lipinski definition) is 1. The summed E-state index contributed by atoms with van der Waals surface area (Å²) in [6, 6.07) is 0.157. The number of isocyanates is 2. The first-order valence-corrected chi connectivity index (χ1v) is 11.5. The maximum atomic E-state index is 15.5. The van der Waals surface area contributed by atoms with Crippen molar-refractivity contribution < 1.29 is 107 Å². The van der Waals surface area contributed by atoms with Gasteiger partial charge in [-0.05, 0) is 18.6 Å². The first-order chi connectivity index (χ1) is 21.6. The highest BCUT2D eigenvalue weighted by Gasteiger charge is 2.96. The van der Waals surface area contributed by atoms with Crippen molar-refractivity contribution in [1.29, 1.82) is 0 Å². The Bertz CT molecular complexity index is 1580. The molecule has 1 aromatic rings. The molecule has 0 fully saturated rings. The molecule has 1 amide bonds. The topological polar surface area (TPSA) is 114 Å². The molecule has 27 heteroatoms. The zero-order chi connectivity index (χ0) is 39.2. The summed E-state index contributed by atoms with van der Waals surface area (Å²) in [6.45, 7) is -0.492. The first kappa shape index (κ1) is 42.6. The molecule has 0 aromatic heterocycles. The average molecular weight is 757 g/mol. The van der Waals surface area contributed by atoms with E-state index in [0.717, 1.165) is 0 Å². The van der Waals surface area contributed by atoms with Gasteiger partial charge < -0.3 is 10.1 Å². The van der Waals surface area contributed by atoms with Crippen LogP contribution < -0.4 is 5.32 Å². The fourth-order valence-electron chi connectivity index (χ4n) is 3.46. The molecule has 1 rings (SSSR count). The smallest absolute Gasteiger partial charge is 0.445 e. The van der Waals surface area contributed by atoms with Crippen LogP contribution in [0.15, 0.2) is 16.1 Å². The number of esters is 1. The van der Waals surface area contributed by atoms with Crippen LogP contribution in [0.25, 0.3) is 0 Å². The molecule has 8 nitrogen and oxygen atoms in total. The number of benzene rings is 1. The number of halogens is 19. The SMILES string of the molecule is CC(=O)OCNC(=O)c1c(N=C=O)cc(C)c(N=C=O)c1C(F)(F)C(F)(F)C(F)(F)C(F)(F)C(F)(F)C(F)(F)C(F)(F)C(F)(F)C(F)(F)F. The lowest BCUT2D eigenvalue weighted by Crippen LogP contribution is -2.75. The third-order valence-electron chi connectivity index (χ3n) is 5.96. The fraction of sp³-hybridized carbons (Fsp3) is 0.545. The van der Waals surface area contributed by atoms with Crippen LogP contribution in [-0.2, 0) is 25.0 Å². The van der Waals surface area contributed by atoms with Gasteiger partial charge in [-0.2, -0.15) is 93.4 Å². The van der Waals surface area contributed by atoms with Gasteiger partial charge in [-0.1, -0.05) is 0 Å². The average Bonchev–Trinajstić information content (AvgIpc) is 2.92. The Morgan fingerprint density at radius 1 is 0.673 bits per heavy atom. The number of carbonyl (C=O) groups excluding carboxylic acids is 4. The molecule has 0 aliphatic carbocycles. The minimum absolute atomic E-state index is 0.157. The highest BCUT2D eigenvalue weighted by atomic mass is 19.4. The molecule has 276 valence electrons. The van der Waals surface area contributed by atoms with Gasteiger partial charge >= 0.3 is 59.5 Å². The zero-order valence-corrected chi connectivity index (χ0v) is 22.9. The quantitative estimate of drug-likeness (QED) is 0.0748. The maximum absolute atomic E-state index is 15.5. The van der Waals surface area contributed by atoms with Gasteiger partial charge in [0.05, 0.1) is 22.5 Å². The van der Waals surface area contributed by atoms with E-state index in [-0.39, 0.29) is 6.07 Å². The number of hydrogen-bond acceptors (Lipinski definition) is 7. The van der Waals surface area contributed by atoms with Crippen LogP contribution in [0.2, 0.25) is 0 Å². The van der Waals surface area contributed by atoms with Crippen molar-refractivity contribution in [2.75, 3.05) is 6.73 Å². The molecule has 49 heavy (non-hydrogen) atoms. The van der Waals surface area contributed by atoms with Crippen LogP contribution in [0, 0.1) is 6.92 Å². The molecule has 0 saturated heterocycles. The van der Waals surface area contributed by atoms with E-state index in [1.165, 1.54) is 5.32 Å². The number of carbonyl (C=O) groups is 2. The molecule has 0 aliphatic heterocycles. The molecule has 0 aliphatic rings. The second-order valence-electron chi connectivity index (χ2n) is 9.10. The Labute approximate surface area is 256 Å². The van der Waals surface area contributed by atoms with Crippen LogP contribution in [0.1, 0.15) is 28.4 Å². The van der Waals surface area contributed by atoms with Gasteiger partial charge in [-0.15, -0.1) is 0 Å². The zero-order valence-electron chi connectivity index (χ0n) is 22.9. The van der Waals surface area contributed by atoms with Gasteiger partial charge in [0.15, 0.2) is 6.73 Å². The number of ether oxygens (including phenoxy) is 1. The number of aryl methyl sites for hydroxylation is 1. The third-order valence-corrected chi connectivity index (χ3v) is 5.96. The van der Waals surface area contributed by atoms with Gasteiger partial charge in [0.1, 0.15) is 0 Å². The largest absolute Gasteiger partial charge is 0.460 e. The normalized spacial score (nSPS) is 14.1. The predicted molar refractivity (Wildman–Crippen MR) is 115 cm³/mol. The molecule has 0 radical (unpaired) electrons. The molecule has 0 heterocycles. The molecule has 0 atom stereocenters. The minimum Gasteiger partial charge on any atom is -0.445 e. The van der Waals surface area contributed by atoms with Crippen LogP contribution >= 0.6 is 0 Å². The van der Waals surface area contributed by atoms with Crippen LogP contribution in [0.3, 0.4) is 0 Å². The Morgan fingerprint density at radius 3 is 1.43 bits per heavy atom. The third kappa shape index (κ3) is 6.28. The minimum atomic E-state index is -9.23. The summed E-state index contributed by atoms with van der Waals surface area (Å²) in [4.78, 5) is 49.9. The summed E-state index contributed by atoms with van der Waals surface area (Å²) in [5, 5.41) is 1.25. The van der Waals surface area contributed by atoms with E-state index in [0.29, 0.717) is 26.0 Å². The monoisotopic (exact) mass is 757 g/mol. The van der Waals surface area contributed by atoms with E-state index in [9.17, 15) is 93.8 Å². The van der Waals surface area contributed by atoms with Crippen molar-refractivity contribution in [2.45, 2.75) is 67.4 Å². The second-order valence-corrected chi connectivity index (χ2v) is 9.10. The van der Waals surface area contributed by atoms with E-state index >= 15 is 8.78 Å². The summed E-state index contributed by atoms with van der Waals surface area (Å²) in [6.07, 6.45) is -7.27. The standard InChI is InChI=1S/C22H10F19N3O5/c1-7-3-9(42-4-45)10(13(48)44-6-49-8(2)47)11(12(7)43-5-46)14(23,24)15(25,26)16(27,28)17(29,30)18(31,32)19(33,34)20(35,36)21(37,38)22(39,40)41/h3H,6H2,1-2H3,(H,44,48). The number of amides is 1. The molecular weight excluding hydrogens is 747 g/mol. The maximum Gasteiger partial charge on any atom is 0.460 e. The lowest BCUT2D eigenvalue weighted by Gasteiger charge is -2.44. The van der Waals surface area contributed by atoms with Crippen LogP contribution in [0.5, 0.6) is 0 Å². The second kappa shape index (κ2) is 12.8. The Hall–Kier alpha value is -4.41. The molecule has 1 N–H and O–H groups in total. The summed E-state index contributed by atoms with van der Waals surface area (Å²) in [7, 11) is 0. The molecule has 0 spiro atoms. The van der Waals surface area contributed by atoms with E-state index < -0.39 is 100 Å². The van der Waals surface area contributed by atoms with E-state index in [1.807, 2.05) is 0 Å². The van der Waals surface area contributed by atoms with E-state index in [2.05, 4.69) is 14.7 Å².